The zero-order valence-electron chi connectivity index (χ0n) is 10.6. The van der Waals surface area contributed by atoms with Crippen molar-refractivity contribution in [1.82, 2.24) is 10.6 Å². The third-order valence-electron chi connectivity index (χ3n) is 2.39. The van der Waals surface area contributed by atoms with Crippen LogP contribution in [0.4, 0.5) is 10.5 Å². The van der Waals surface area contributed by atoms with Gasteiger partial charge in [-0.1, -0.05) is 0 Å². The summed E-state index contributed by atoms with van der Waals surface area (Å²) < 4.78 is 0. The molecule has 18 heavy (non-hydrogen) atoms. The van der Waals surface area contributed by atoms with Gasteiger partial charge in [0.25, 0.3) is 0 Å². The first-order chi connectivity index (χ1) is 8.43. The standard InChI is InChI=1S/C12H17N3O2S/c1-7-6-9(4-5-10(7)13)18-8(2)11(16)15-12(17)14-3/h4-6,8H,13H2,1-3H3,(H2,14,15,16,17). The van der Waals surface area contributed by atoms with E-state index in [9.17, 15) is 9.59 Å². The Morgan fingerprint density at radius 1 is 1.39 bits per heavy atom. The Morgan fingerprint density at radius 3 is 2.61 bits per heavy atom. The molecule has 1 atom stereocenters. The summed E-state index contributed by atoms with van der Waals surface area (Å²) in [5, 5.41) is 4.22. The molecule has 0 saturated heterocycles. The number of hydrogen-bond donors (Lipinski definition) is 3. The summed E-state index contributed by atoms with van der Waals surface area (Å²) in [4.78, 5) is 23.6. The zero-order valence-corrected chi connectivity index (χ0v) is 11.4. The Hall–Kier alpha value is -1.69. The molecule has 4 N–H and O–H groups in total. The van der Waals surface area contributed by atoms with Crippen molar-refractivity contribution in [2.45, 2.75) is 24.0 Å². The molecular weight excluding hydrogens is 250 g/mol. The summed E-state index contributed by atoms with van der Waals surface area (Å²) in [7, 11) is 1.46. The normalized spacial score (nSPS) is 11.7. The van der Waals surface area contributed by atoms with E-state index in [1.807, 2.05) is 19.1 Å². The molecule has 1 aromatic carbocycles. The number of nitrogens with one attached hydrogen (secondary N) is 2. The molecule has 1 unspecified atom stereocenters. The number of benzene rings is 1. The summed E-state index contributed by atoms with van der Waals surface area (Å²) in [6.07, 6.45) is 0. The number of amides is 3. The van der Waals surface area contributed by atoms with Crippen molar-refractivity contribution in [1.29, 1.82) is 0 Å². The second-order valence-corrected chi connectivity index (χ2v) is 5.26. The highest BCUT2D eigenvalue weighted by atomic mass is 32.2. The number of rotatable bonds is 3. The van der Waals surface area contributed by atoms with E-state index in [0.717, 1.165) is 16.1 Å². The average molecular weight is 267 g/mol. The van der Waals surface area contributed by atoms with Crippen LogP contribution in [0.15, 0.2) is 23.1 Å². The van der Waals surface area contributed by atoms with Crippen LogP contribution in [0.3, 0.4) is 0 Å². The second kappa shape index (κ2) is 6.30. The first-order valence-electron chi connectivity index (χ1n) is 5.49. The number of nitrogens with two attached hydrogens (primary N) is 1. The minimum atomic E-state index is -0.499. The van der Waals surface area contributed by atoms with Crippen LogP contribution in [-0.4, -0.2) is 24.2 Å². The van der Waals surface area contributed by atoms with Gasteiger partial charge in [0.2, 0.25) is 5.91 Å². The topological polar surface area (TPSA) is 84.2 Å². The first kappa shape index (κ1) is 14.4. The molecule has 0 aliphatic heterocycles. The molecule has 98 valence electrons. The van der Waals surface area contributed by atoms with Crippen molar-refractivity contribution in [3.63, 3.8) is 0 Å². The predicted molar refractivity (Wildman–Crippen MR) is 73.5 cm³/mol. The minimum absolute atomic E-state index is 0.325. The molecule has 0 saturated carbocycles. The highest BCUT2D eigenvalue weighted by molar-refractivity contribution is 8.00. The molecule has 0 heterocycles. The number of urea groups is 1. The zero-order chi connectivity index (χ0) is 13.7. The van der Waals surface area contributed by atoms with Gasteiger partial charge >= 0.3 is 6.03 Å². The fourth-order valence-electron chi connectivity index (χ4n) is 1.26. The maximum Gasteiger partial charge on any atom is 0.321 e. The molecular formula is C12H17N3O2S. The number of anilines is 1. The van der Waals surface area contributed by atoms with E-state index in [4.69, 9.17) is 5.73 Å². The lowest BCUT2D eigenvalue weighted by Crippen LogP contribution is -2.41. The summed E-state index contributed by atoms with van der Waals surface area (Å²) in [5.41, 5.74) is 7.42. The van der Waals surface area contributed by atoms with Crippen molar-refractivity contribution in [3.8, 4) is 0 Å². The molecule has 0 aromatic heterocycles. The van der Waals surface area contributed by atoms with Gasteiger partial charge in [0.1, 0.15) is 0 Å². The maximum atomic E-state index is 11.7. The summed E-state index contributed by atoms with van der Waals surface area (Å²) in [5.74, 6) is -0.325. The highest BCUT2D eigenvalue weighted by Crippen LogP contribution is 2.26. The van der Waals surface area contributed by atoms with Crippen molar-refractivity contribution >= 4 is 29.4 Å². The van der Waals surface area contributed by atoms with Crippen LogP contribution in [0.2, 0.25) is 0 Å². The highest BCUT2D eigenvalue weighted by Gasteiger charge is 2.16. The fraction of sp³-hybridized carbons (Fsp3) is 0.333. The van der Waals surface area contributed by atoms with E-state index in [1.165, 1.54) is 18.8 Å². The van der Waals surface area contributed by atoms with Crippen LogP contribution in [0, 0.1) is 6.92 Å². The molecule has 1 rings (SSSR count). The molecule has 6 heteroatoms. The van der Waals surface area contributed by atoms with E-state index < -0.39 is 6.03 Å². The van der Waals surface area contributed by atoms with Gasteiger partial charge in [0.05, 0.1) is 5.25 Å². The van der Waals surface area contributed by atoms with Gasteiger partial charge in [-0.3, -0.25) is 10.1 Å². The van der Waals surface area contributed by atoms with E-state index in [2.05, 4.69) is 10.6 Å². The van der Waals surface area contributed by atoms with E-state index in [1.54, 1.807) is 13.0 Å². The Bertz CT molecular complexity index is 463. The van der Waals surface area contributed by atoms with Gasteiger partial charge in [0.15, 0.2) is 0 Å². The molecule has 0 fully saturated rings. The van der Waals surface area contributed by atoms with E-state index in [-0.39, 0.29) is 11.2 Å². The lowest BCUT2D eigenvalue weighted by Gasteiger charge is -2.11. The van der Waals surface area contributed by atoms with Crippen molar-refractivity contribution in [3.05, 3.63) is 23.8 Å². The molecule has 5 nitrogen and oxygen atoms in total. The van der Waals surface area contributed by atoms with Crippen LogP contribution >= 0.6 is 11.8 Å². The van der Waals surface area contributed by atoms with Gasteiger partial charge in [-0.2, -0.15) is 0 Å². The summed E-state index contributed by atoms with van der Waals surface area (Å²) >= 11 is 1.38. The fourth-order valence-corrected chi connectivity index (χ4v) is 2.22. The molecule has 1 aromatic rings. The molecule has 0 radical (unpaired) electrons. The van der Waals surface area contributed by atoms with E-state index in [0.29, 0.717) is 0 Å². The molecule has 0 aliphatic rings. The predicted octanol–water partition coefficient (Wildman–Crippen LogP) is 1.51. The third-order valence-corrected chi connectivity index (χ3v) is 3.48. The van der Waals surface area contributed by atoms with Crippen molar-refractivity contribution in [2.24, 2.45) is 0 Å². The van der Waals surface area contributed by atoms with Crippen LogP contribution in [0.25, 0.3) is 0 Å². The largest absolute Gasteiger partial charge is 0.399 e. The lowest BCUT2D eigenvalue weighted by molar-refractivity contribution is -0.119. The van der Waals surface area contributed by atoms with Gasteiger partial charge in [0, 0.05) is 17.6 Å². The number of nitrogen functional groups attached to an aromatic ring is 1. The Morgan fingerprint density at radius 2 is 2.06 bits per heavy atom. The molecule has 3 amide bonds. The minimum Gasteiger partial charge on any atom is -0.399 e. The summed E-state index contributed by atoms with van der Waals surface area (Å²) in [6.45, 7) is 3.66. The summed E-state index contributed by atoms with van der Waals surface area (Å²) in [6, 6.07) is 5.09. The van der Waals surface area contributed by atoms with Crippen LogP contribution in [-0.2, 0) is 4.79 Å². The Balaban J connectivity index is 2.63. The van der Waals surface area contributed by atoms with Crippen LogP contribution in [0.5, 0.6) is 0 Å². The quantitative estimate of drug-likeness (QED) is 0.572. The van der Waals surface area contributed by atoms with Gasteiger partial charge in [-0.15, -0.1) is 11.8 Å². The number of imide groups is 1. The molecule has 0 bridgehead atoms. The van der Waals surface area contributed by atoms with Gasteiger partial charge in [-0.05, 0) is 37.6 Å². The molecule has 0 spiro atoms. The number of hydrogen-bond acceptors (Lipinski definition) is 4. The van der Waals surface area contributed by atoms with Gasteiger partial charge in [-0.25, -0.2) is 4.79 Å². The second-order valence-electron chi connectivity index (χ2n) is 3.85. The number of carbonyl (C=O) groups excluding carboxylic acids is 2. The third kappa shape index (κ3) is 3.96. The van der Waals surface area contributed by atoms with Gasteiger partial charge < -0.3 is 11.1 Å². The average Bonchev–Trinajstić information content (AvgIpc) is 2.33. The van der Waals surface area contributed by atoms with E-state index >= 15 is 0 Å². The number of thioether (sulfide) groups is 1. The maximum absolute atomic E-state index is 11.7. The lowest BCUT2D eigenvalue weighted by atomic mass is 10.2. The Kier molecular flexibility index (Phi) is 5.03. The molecule has 0 aliphatic carbocycles. The van der Waals surface area contributed by atoms with Crippen molar-refractivity contribution < 1.29 is 9.59 Å². The monoisotopic (exact) mass is 267 g/mol. The number of aryl methyl sites for hydroxylation is 1. The van der Waals surface area contributed by atoms with Crippen molar-refractivity contribution in [2.75, 3.05) is 12.8 Å². The van der Waals surface area contributed by atoms with Crippen LogP contribution in [0.1, 0.15) is 12.5 Å². The number of carbonyl (C=O) groups is 2. The smallest absolute Gasteiger partial charge is 0.321 e. The SMILES string of the molecule is CNC(=O)NC(=O)C(C)Sc1ccc(N)c(C)c1. The first-order valence-corrected chi connectivity index (χ1v) is 6.37. The Labute approximate surface area is 111 Å². The van der Waals surface area contributed by atoms with Crippen LogP contribution < -0.4 is 16.4 Å².